The molecule has 0 saturated heterocycles. The molecule has 3 aromatic rings. The molecule has 0 aliphatic heterocycles. The lowest BCUT2D eigenvalue weighted by atomic mass is 10.2. The van der Waals surface area contributed by atoms with Gasteiger partial charge < -0.3 is 9.84 Å². The highest BCUT2D eigenvalue weighted by Crippen LogP contribution is 2.25. The van der Waals surface area contributed by atoms with Crippen LogP contribution in [0.3, 0.4) is 0 Å². The van der Waals surface area contributed by atoms with Gasteiger partial charge in [-0.15, -0.1) is 0 Å². The number of benzene rings is 2. The fraction of sp³-hybridized carbons (Fsp3) is 0.167. The number of halogens is 2. The number of amides is 1. The van der Waals surface area contributed by atoms with Crippen molar-refractivity contribution in [2.45, 2.75) is 6.54 Å². The minimum atomic E-state index is -0.134. The van der Waals surface area contributed by atoms with Gasteiger partial charge in [-0.25, -0.2) is 0 Å². The van der Waals surface area contributed by atoms with Gasteiger partial charge in [0, 0.05) is 10.0 Å². The van der Waals surface area contributed by atoms with Gasteiger partial charge in [0.15, 0.2) is 0 Å². The van der Waals surface area contributed by atoms with Crippen LogP contribution in [0.25, 0.3) is 11.4 Å². The Kier molecular flexibility index (Phi) is 6.03. The third-order valence-electron chi connectivity index (χ3n) is 3.55. The number of nitrogens with one attached hydrogen (secondary N) is 1. The third kappa shape index (κ3) is 4.69. The Hall–Kier alpha value is -2.22. The van der Waals surface area contributed by atoms with Gasteiger partial charge in [0.05, 0.1) is 23.8 Å². The number of likely N-dealkylation sites (N-methyl/N-ethyl adjacent to an activating group) is 1. The number of aromatic nitrogens is 2. The van der Waals surface area contributed by atoms with E-state index in [1.54, 1.807) is 18.0 Å². The van der Waals surface area contributed by atoms with E-state index < -0.39 is 0 Å². The average Bonchev–Trinajstić information content (AvgIpc) is 3.05. The predicted molar refractivity (Wildman–Crippen MR) is 104 cm³/mol. The summed E-state index contributed by atoms with van der Waals surface area (Å²) in [4.78, 5) is 18.3. The minimum Gasteiger partial charge on any atom is -0.338 e. The van der Waals surface area contributed by atoms with Crippen LogP contribution in [0, 0.1) is 0 Å². The van der Waals surface area contributed by atoms with Crippen molar-refractivity contribution in [1.82, 2.24) is 15.0 Å². The Morgan fingerprint density at radius 3 is 2.73 bits per heavy atom. The van der Waals surface area contributed by atoms with E-state index in [1.165, 1.54) is 0 Å². The number of rotatable bonds is 6. The normalized spacial score (nSPS) is 10.9. The first-order chi connectivity index (χ1) is 12.5. The zero-order valence-electron chi connectivity index (χ0n) is 13.9. The molecule has 2 aromatic carbocycles. The first-order valence-corrected chi connectivity index (χ1v) is 9.00. The van der Waals surface area contributed by atoms with Crippen molar-refractivity contribution < 1.29 is 9.32 Å². The van der Waals surface area contributed by atoms with E-state index in [-0.39, 0.29) is 12.5 Å². The molecule has 0 bridgehead atoms. The van der Waals surface area contributed by atoms with Gasteiger partial charge in [-0.2, -0.15) is 4.98 Å². The summed E-state index contributed by atoms with van der Waals surface area (Å²) in [6.45, 7) is 0.534. The number of carbonyl (C=O) groups is 1. The van der Waals surface area contributed by atoms with E-state index in [4.69, 9.17) is 16.1 Å². The highest BCUT2D eigenvalue weighted by atomic mass is 79.9. The number of nitrogens with zero attached hydrogens (tertiary/aromatic N) is 3. The fourth-order valence-electron chi connectivity index (χ4n) is 2.36. The van der Waals surface area contributed by atoms with E-state index in [0.29, 0.717) is 28.8 Å². The molecular formula is C18H16BrClN4O2. The van der Waals surface area contributed by atoms with Crippen molar-refractivity contribution >= 4 is 39.1 Å². The van der Waals surface area contributed by atoms with E-state index in [0.717, 1.165) is 10.2 Å². The third-order valence-corrected chi connectivity index (χ3v) is 4.57. The first-order valence-electron chi connectivity index (χ1n) is 7.83. The highest BCUT2D eigenvalue weighted by Gasteiger charge is 2.15. The molecule has 0 saturated carbocycles. The molecule has 134 valence electrons. The van der Waals surface area contributed by atoms with Gasteiger partial charge in [0.1, 0.15) is 0 Å². The molecule has 0 aliphatic rings. The summed E-state index contributed by atoms with van der Waals surface area (Å²) in [6.07, 6.45) is 0. The topological polar surface area (TPSA) is 71.3 Å². The summed E-state index contributed by atoms with van der Waals surface area (Å²) in [7, 11) is 1.80. The summed E-state index contributed by atoms with van der Waals surface area (Å²) < 4.78 is 6.09. The second-order valence-electron chi connectivity index (χ2n) is 5.69. The summed E-state index contributed by atoms with van der Waals surface area (Å²) in [6, 6.07) is 14.7. The maximum Gasteiger partial charge on any atom is 0.241 e. The van der Waals surface area contributed by atoms with Gasteiger partial charge in [-0.1, -0.05) is 41.0 Å². The molecule has 1 N–H and O–H groups in total. The van der Waals surface area contributed by atoms with Crippen molar-refractivity contribution in [3.8, 4) is 11.4 Å². The number of anilines is 1. The molecule has 26 heavy (non-hydrogen) atoms. The summed E-state index contributed by atoms with van der Waals surface area (Å²) >= 11 is 9.55. The zero-order chi connectivity index (χ0) is 18.5. The van der Waals surface area contributed by atoms with E-state index in [9.17, 15) is 4.79 Å². The molecule has 0 fully saturated rings. The second-order valence-corrected chi connectivity index (χ2v) is 6.95. The van der Waals surface area contributed by atoms with Gasteiger partial charge >= 0.3 is 0 Å². The van der Waals surface area contributed by atoms with Gasteiger partial charge in [-0.3, -0.25) is 9.69 Å². The summed E-state index contributed by atoms with van der Waals surface area (Å²) in [5, 5.41) is 7.37. The van der Waals surface area contributed by atoms with Crippen LogP contribution in [0.15, 0.2) is 57.5 Å². The van der Waals surface area contributed by atoms with E-state index in [1.807, 2.05) is 42.5 Å². The van der Waals surface area contributed by atoms with E-state index in [2.05, 4.69) is 31.4 Å². The highest BCUT2D eigenvalue weighted by molar-refractivity contribution is 9.10. The Labute approximate surface area is 164 Å². The average molecular weight is 436 g/mol. The Morgan fingerprint density at radius 1 is 1.23 bits per heavy atom. The fourth-order valence-corrected chi connectivity index (χ4v) is 2.96. The molecule has 0 aliphatic carbocycles. The van der Waals surface area contributed by atoms with Crippen molar-refractivity contribution in [3.63, 3.8) is 0 Å². The largest absolute Gasteiger partial charge is 0.338 e. The molecule has 1 heterocycles. The maximum atomic E-state index is 12.2. The zero-order valence-corrected chi connectivity index (χ0v) is 16.3. The lowest BCUT2D eigenvalue weighted by Crippen LogP contribution is -2.30. The maximum absolute atomic E-state index is 12.2. The number of para-hydroxylation sites is 1. The number of hydrogen-bond acceptors (Lipinski definition) is 5. The van der Waals surface area contributed by atoms with Crippen LogP contribution < -0.4 is 5.32 Å². The molecule has 1 aromatic heterocycles. The van der Waals surface area contributed by atoms with Crippen molar-refractivity contribution in [2.24, 2.45) is 0 Å². The number of hydrogen-bond donors (Lipinski definition) is 1. The first kappa shape index (κ1) is 18.6. The van der Waals surface area contributed by atoms with Crippen LogP contribution in [0.5, 0.6) is 0 Å². The molecule has 0 spiro atoms. The quantitative estimate of drug-likeness (QED) is 0.627. The van der Waals surface area contributed by atoms with Crippen molar-refractivity contribution in [3.05, 3.63) is 63.9 Å². The lowest BCUT2D eigenvalue weighted by molar-refractivity contribution is -0.117. The van der Waals surface area contributed by atoms with Crippen molar-refractivity contribution in [2.75, 3.05) is 18.9 Å². The predicted octanol–water partition coefficient (Wildman–Crippen LogP) is 4.22. The van der Waals surface area contributed by atoms with Crippen LogP contribution >= 0.6 is 27.5 Å². The van der Waals surface area contributed by atoms with Crippen LogP contribution in [-0.4, -0.2) is 34.5 Å². The van der Waals surface area contributed by atoms with Crippen LogP contribution in [0.1, 0.15) is 5.89 Å². The molecular weight excluding hydrogens is 420 g/mol. The van der Waals surface area contributed by atoms with Gasteiger partial charge in [0.2, 0.25) is 17.6 Å². The molecule has 0 unspecified atom stereocenters. The number of carbonyl (C=O) groups excluding carboxylic acids is 1. The van der Waals surface area contributed by atoms with Gasteiger partial charge in [-0.05, 0) is 47.2 Å². The Balaban J connectivity index is 1.59. The minimum absolute atomic E-state index is 0.134. The smallest absolute Gasteiger partial charge is 0.241 e. The van der Waals surface area contributed by atoms with Crippen LogP contribution in [0.2, 0.25) is 5.02 Å². The lowest BCUT2D eigenvalue weighted by Gasteiger charge is -2.14. The second kappa shape index (κ2) is 8.44. The van der Waals surface area contributed by atoms with Crippen molar-refractivity contribution in [1.29, 1.82) is 0 Å². The molecule has 8 heteroatoms. The van der Waals surface area contributed by atoms with Crippen LogP contribution in [0.4, 0.5) is 5.69 Å². The monoisotopic (exact) mass is 434 g/mol. The molecule has 1 amide bonds. The Morgan fingerprint density at radius 2 is 1.96 bits per heavy atom. The van der Waals surface area contributed by atoms with Gasteiger partial charge in [0.25, 0.3) is 0 Å². The molecule has 0 radical (unpaired) electrons. The summed E-state index contributed by atoms with van der Waals surface area (Å²) in [5.41, 5.74) is 1.43. The SMILES string of the molecule is CN(CC(=O)Nc1ccccc1Br)Cc1nc(-c2ccccc2Cl)no1. The molecule has 6 nitrogen and oxygen atoms in total. The standard InChI is InChI=1S/C18H16BrClN4O2/c1-24(10-16(25)21-15-9-5-3-7-13(15)19)11-17-22-18(23-26-17)12-6-2-4-8-14(12)20/h2-9H,10-11H2,1H3,(H,21,25). The van der Waals surface area contributed by atoms with E-state index >= 15 is 0 Å². The summed E-state index contributed by atoms with van der Waals surface area (Å²) in [5.74, 6) is 0.707. The molecule has 0 atom stereocenters. The van der Waals surface area contributed by atoms with Crippen LogP contribution in [-0.2, 0) is 11.3 Å². The Bertz CT molecular complexity index is 915. The molecule has 3 rings (SSSR count).